The van der Waals surface area contributed by atoms with Crippen LogP contribution in [0.1, 0.15) is 32.1 Å². The summed E-state index contributed by atoms with van der Waals surface area (Å²) in [7, 11) is 0. The van der Waals surface area contributed by atoms with Crippen molar-refractivity contribution in [3.8, 4) is 0 Å². The number of hydrogen-bond donors (Lipinski definition) is 0. The first kappa shape index (κ1) is 11.0. The van der Waals surface area contributed by atoms with E-state index in [2.05, 4.69) is 0 Å². The van der Waals surface area contributed by atoms with E-state index in [9.17, 15) is 18.0 Å². The number of carbonyl (C=O) groups is 1. The van der Waals surface area contributed by atoms with E-state index in [0.717, 1.165) is 19.1 Å². The summed E-state index contributed by atoms with van der Waals surface area (Å²) in [5.74, 6) is -0.667. The van der Waals surface area contributed by atoms with Crippen LogP contribution in [0.5, 0.6) is 0 Å². The van der Waals surface area contributed by atoms with Crippen LogP contribution < -0.4 is 0 Å². The van der Waals surface area contributed by atoms with Crippen LogP contribution in [0.3, 0.4) is 0 Å². The second-order valence-corrected chi connectivity index (χ2v) is 4.86. The van der Waals surface area contributed by atoms with Crippen molar-refractivity contribution in [1.82, 2.24) is 0 Å². The van der Waals surface area contributed by atoms with Crippen molar-refractivity contribution < 1.29 is 18.0 Å². The van der Waals surface area contributed by atoms with Gasteiger partial charge in [0.2, 0.25) is 0 Å². The molecule has 2 rings (SSSR count). The van der Waals surface area contributed by atoms with Gasteiger partial charge in [-0.25, -0.2) is 0 Å². The van der Waals surface area contributed by atoms with Crippen molar-refractivity contribution >= 4 is 6.29 Å². The van der Waals surface area contributed by atoms with Crippen LogP contribution in [0.2, 0.25) is 0 Å². The Morgan fingerprint density at radius 1 is 1.13 bits per heavy atom. The highest BCUT2D eigenvalue weighted by Crippen LogP contribution is 2.51. The van der Waals surface area contributed by atoms with Crippen molar-refractivity contribution in [2.45, 2.75) is 38.3 Å². The lowest BCUT2D eigenvalue weighted by atomic mass is 9.78. The molecule has 0 aromatic carbocycles. The summed E-state index contributed by atoms with van der Waals surface area (Å²) >= 11 is 0. The molecule has 2 fully saturated rings. The average Bonchev–Trinajstić information content (AvgIpc) is 2.95. The van der Waals surface area contributed by atoms with Crippen molar-refractivity contribution in [1.29, 1.82) is 0 Å². The Morgan fingerprint density at radius 2 is 1.87 bits per heavy atom. The van der Waals surface area contributed by atoms with E-state index < -0.39 is 12.1 Å². The number of halogens is 3. The van der Waals surface area contributed by atoms with Crippen LogP contribution in [-0.2, 0) is 4.79 Å². The monoisotopic (exact) mass is 220 g/mol. The van der Waals surface area contributed by atoms with Gasteiger partial charge in [-0.3, -0.25) is 0 Å². The molecule has 0 aromatic rings. The Labute approximate surface area is 87.0 Å². The van der Waals surface area contributed by atoms with Gasteiger partial charge in [0.15, 0.2) is 0 Å². The average molecular weight is 220 g/mol. The molecule has 4 atom stereocenters. The largest absolute Gasteiger partial charge is 0.391 e. The van der Waals surface area contributed by atoms with Gasteiger partial charge in [0.1, 0.15) is 6.29 Å². The minimum atomic E-state index is -4.04. The Hall–Kier alpha value is -0.540. The third-order valence-corrected chi connectivity index (χ3v) is 3.85. The third-order valence-electron chi connectivity index (χ3n) is 3.85. The molecule has 2 aliphatic rings. The minimum absolute atomic E-state index is 0.0574. The minimum Gasteiger partial charge on any atom is -0.303 e. The quantitative estimate of drug-likeness (QED) is 0.653. The van der Waals surface area contributed by atoms with Gasteiger partial charge in [-0.1, -0.05) is 12.8 Å². The van der Waals surface area contributed by atoms with Crippen molar-refractivity contribution in [3.05, 3.63) is 0 Å². The maximum Gasteiger partial charge on any atom is 0.391 e. The van der Waals surface area contributed by atoms with E-state index in [1.807, 2.05) is 0 Å². The van der Waals surface area contributed by atoms with E-state index in [1.54, 1.807) is 0 Å². The number of aldehydes is 1. The van der Waals surface area contributed by atoms with Crippen molar-refractivity contribution in [2.24, 2.45) is 23.7 Å². The van der Waals surface area contributed by atoms with Gasteiger partial charge >= 0.3 is 6.18 Å². The zero-order valence-corrected chi connectivity index (χ0v) is 8.46. The maximum atomic E-state index is 12.5. The van der Waals surface area contributed by atoms with Gasteiger partial charge in [-0.2, -0.15) is 13.2 Å². The summed E-state index contributed by atoms with van der Waals surface area (Å²) in [6.45, 7) is 0. The fourth-order valence-electron chi connectivity index (χ4n) is 2.85. The number of hydrogen-bond acceptors (Lipinski definition) is 1. The zero-order valence-electron chi connectivity index (χ0n) is 8.46. The molecule has 15 heavy (non-hydrogen) atoms. The molecule has 0 bridgehead atoms. The fourth-order valence-corrected chi connectivity index (χ4v) is 2.85. The molecule has 0 unspecified atom stereocenters. The van der Waals surface area contributed by atoms with E-state index in [1.165, 1.54) is 0 Å². The SMILES string of the molecule is O=C[C@@H]1C[C@@H]1[C@@H]1CCC[C@H](C(F)(F)F)C1. The molecule has 0 spiro atoms. The topological polar surface area (TPSA) is 17.1 Å². The molecule has 0 heterocycles. The van der Waals surface area contributed by atoms with E-state index in [4.69, 9.17) is 0 Å². The second-order valence-electron chi connectivity index (χ2n) is 4.86. The first-order chi connectivity index (χ1) is 7.02. The molecule has 0 N–H and O–H groups in total. The lowest BCUT2D eigenvalue weighted by Gasteiger charge is -2.30. The summed E-state index contributed by atoms with van der Waals surface area (Å²) in [5, 5.41) is 0. The molecular weight excluding hydrogens is 205 g/mol. The normalized spacial score (nSPS) is 41.3. The second kappa shape index (κ2) is 3.80. The Kier molecular flexibility index (Phi) is 2.77. The van der Waals surface area contributed by atoms with Crippen LogP contribution in [0.4, 0.5) is 13.2 Å². The summed E-state index contributed by atoms with van der Waals surface area (Å²) in [6.07, 6.45) is -0.250. The molecule has 0 radical (unpaired) electrons. The summed E-state index contributed by atoms with van der Waals surface area (Å²) < 4.78 is 37.5. The number of rotatable bonds is 2. The first-order valence-corrected chi connectivity index (χ1v) is 5.54. The van der Waals surface area contributed by atoms with E-state index >= 15 is 0 Å². The van der Waals surface area contributed by atoms with Gasteiger partial charge in [0.25, 0.3) is 0 Å². The number of alkyl halides is 3. The molecule has 2 aliphatic carbocycles. The van der Waals surface area contributed by atoms with Crippen LogP contribution in [-0.4, -0.2) is 12.5 Å². The van der Waals surface area contributed by atoms with E-state index in [-0.39, 0.29) is 30.6 Å². The van der Waals surface area contributed by atoms with Crippen LogP contribution in [0.15, 0.2) is 0 Å². The Balaban J connectivity index is 1.91. The Bertz CT molecular complexity index is 249. The predicted octanol–water partition coefficient (Wildman–Crippen LogP) is 3.19. The fraction of sp³-hybridized carbons (Fsp3) is 0.909. The molecule has 1 nitrogen and oxygen atoms in total. The van der Waals surface area contributed by atoms with E-state index in [0.29, 0.717) is 6.42 Å². The molecular formula is C11H15F3O. The standard InChI is InChI=1S/C11H15F3O/c12-11(13,14)9-3-1-2-7(4-9)10-5-8(10)6-15/h6-10H,1-5H2/t7-,8+,9+,10-/m1/s1. The molecule has 4 heteroatoms. The van der Waals surface area contributed by atoms with Crippen molar-refractivity contribution in [3.63, 3.8) is 0 Å². The lowest BCUT2D eigenvalue weighted by Crippen LogP contribution is -2.29. The third kappa shape index (κ3) is 2.34. The molecule has 86 valence electrons. The highest BCUT2D eigenvalue weighted by molar-refractivity contribution is 5.58. The van der Waals surface area contributed by atoms with Crippen LogP contribution in [0, 0.1) is 23.7 Å². The summed E-state index contributed by atoms with van der Waals surface area (Å²) in [6, 6.07) is 0. The molecule has 0 aromatic heterocycles. The first-order valence-electron chi connectivity index (χ1n) is 5.54. The highest BCUT2D eigenvalue weighted by Gasteiger charge is 2.48. The maximum absolute atomic E-state index is 12.5. The molecule has 0 aliphatic heterocycles. The number of carbonyl (C=O) groups excluding carboxylic acids is 1. The van der Waals surface area contributed by atoms with Gasteiger partial charge in [0, 0.05) is 5.92 Å². The van der Waals surface area contributed by atoms with Gasteiger partial charge < -0.3 is 4.79 Å². The highest BCUT2D eigenvalue weighted by atomic mass is 19.4. The van der Waals surface area contributed by atoms with Gasteiger partial charge in [-0.15, -0.1) is 0 Å². The molecule has 0 saturated heterocycles. The van der Waals surface area contributed by atoms with Gasteiger partial charge in [0.05, 0.1) is 5.92 Å². The molecule has 2 saturated carbocycles. The Morgan fingerprint density at radius 3 is 2.40 bits per heavy atom. The van der Waals surface area contributed by atoms with Crippen LogP contribution >= 0.6 is 0 Å². The molecule has 0 amide bonds. The summed E-state index contributed by atoms with van der Waals surface area (Å²) in [4.78, 5) is 10.5. The lowest BCUT2D eigenvalue weighted by molar-refractivity contribution is -0.186. The zero-order chi connectivity index (χ0) is 11.1. The summed E-state index contributed by atoms with van der Waals surface area (Å²) in [5.41, 5.74) is 0. The van der Waals surface area contributed by atoms with Crippen LogP contribution in [0.25, 0.3) is 0 Å². The predicted molar refractivity (Wildman–Crippen MR) is 49.2 cm³/mol. The van der Waals surface area contributed by atoms with Crippen molar-refractivity contribution in [2.75, 3.05) is 0 Å². The van der Waals surface area contributed by atoms with Gasteiger partial charge in [-0.05, 0) is 31.1 Å². The smallest absolute Gasteiger partial charge is 0.303 e.